The lowest BCUT2D eigenvalue weighted by molar-refractivity contribution is -0.128. The molecule has 1 aliphatic heterocycles. The molecular weight excluding hydrogens is 418 g/mol. The maximum atomic E-state index is 12.6. The predicted octanol–water partition coefficient (Wildman–Crippen LogP) is 2.59. The Labute approximate surface area is 183 Å². The van der Waals surface area contributed by atoms with Gasteiger partial charge in [0.25, 0.3) is 0 Å². The first-order valence-electron chi connectivity index (χ1n) is 10.2. The Morgan fingerprint density at radius 1 is 1.39 bits per heavy atom. The lowest BCUT2D eigenvalue weighted by Gasteiger charge is -2.16. The fourth-order valence-corrected chi connectivity index (χ4v) is 4.35. The lowest BCUT2D eigenvalue weighted by atomic mass is 10.1. The minimum Gasteiger partial charge on any atom is -0.497 e. The minimum absolute atomic E-state index is 0.00753. The molecule has 0 bridgehead atoms. The molecule has 2 aromatic heterocycles. The van der Waals surface area contributed by atoms with Crippen molar-refractivity contribution < 1.29 is 19.1 Å². The van der Waals surface area contributed by atoms with Gasteiger partial charge < -0.3 is 24.7 Å². The molecule has 1 saturated heterocycles. The van der Waals surface area contributed by atoms with Crippen molar-refractivity contribution in [3.8, 4) is 5.75 Å². The largest absolute Gasteiger partial charge is 0.497 e. The van der Waals surface area contributed by atoms with Crippen LogP contribution in [0.2, 0.25) is 0 Å². The van der Waals surface area contributed by atoms with E-state index in [4.69, 9.17) is 9.47 Å². The summed E-state index contributed by atoms with van der Waals surface area (Å²) in [6.45, 7) is 3.83. The van der Waals surface area contributed by atoms with Crippen molar-refractivity contribution in [2.24, 2.45) is 5.92 Å². The van der Waals surface area contributed by atoms with Gasteiger partial charge in [0.15, 0.2) is 0 Å². The van der Waals surface area contributed by atoms with Gasteiger partial charge in [0.2, 0.25) is 16.9 Å². The van der Waals surface area contributed by atoms with Crippen molar-refractivity contribution in [1.29, 1.82) is 0 Å². The number of nitrogens with one attached hydrogen (secondary N) is 2. The van der Waals surface area contributed by atoms with Crippen LogP contribution in [0.3, 0.4) is 0 Å². The Balaban J connectivity index is 1.33. The molecule has 0 aliphatic carbocycles. The van der Waals surface area contributed by atoms with Crippen molar-refractivity contribution in [3.63, 3.8) is 0 Å². The number of hydrogen-bond acceptors (Lipinski definition) is 7. The summed E-state index contributed by atoms with van der Waals surface area (Å²) < 4.78 is 10.6. The normalized spacial score (nSPS) is 16.3. The van der Waals surface area contributed by atoms with E-state index in [1.54, 1.807) is 12.0 Å². The van der Waals surface area contributed by atoms with Crippen molar-refractivity contribution in [3.05, 3.63) is 35.0 Å². The minimum atomic E-state index is -0.394. The van der Waals surface area contributed by atoms with Crippen molar-refractivity contribution in [2.75, 3.05) is 32.1 Å². The predicted molar refractivity (Wildman–Crippen MR) is 117 cm³/mol. The molecule has 164 valence electrons. The molecule has 4 rings (SSSR count). The molecule has 9 nitrogen and oxygen atoms in total. The van der Waals surface area contributed by atoms with E-state index in [9.17, 15) is 9.59 Å². The standard InChI is InChI=1S/C21H25N5O4S/c1-3-30-12-18-24-25-21(31-18)23-20(28)14-8-19(27)26(11-14)7-6-13-10-22-17-5-4-15(29-2)9-16(13)17/h4-5,9-10,14,22H,3,6-8,11-12H2,1-2H3,(H,23,25,28)/t14-/m1/s1. The quantitative estimate of drug-likeness (QED) is 0.526. The molecular formula is C21H25N5O4S. The maximum Gasteiger partial charge on any atom is 0.231 e. The number of anilines is 1. The highest BCUT2D eigenvalue weighted by Gasteiger charge is 2.34. The van der Waals surface area contributed by atoms with Gasteiger partial charge in [-0.25, -0.2) is 0 Å². The van der Waals surface area contributed by atoms with Gasteiger partial charge in [0.05, 0.1) is 13.0 Å². The van der Waals surface area contributed by atoms with Crippen molar-refractivity contribution in [2.45, 2.75) is 26.4 Å². The van der Waals surface area contributed by atoms with Crippen LogP contribution >= 0.6 is 11.3 Å². The van der Waals surface area contributed by atoms with Crippen LogP contribution in [0.4, 0.5) is 5.13 Å². The van der Waals surface area contributed by atoms with Crippen LogP contribution in [-0.4, -0.2) is 58.7 Å². The number of likely N-dealkylation sites (tertiary alicyclic amines) is 1. The molecule has 3 aromatic rings. The zero-order valence-electron chi connectivity index (χ0n) is 17.5. The number of carbonyl (C=O) groups excluding carboxylic acids is 2. The third kappa shape index (κ3) is 4.86. The first-order chi connectivity index (χ1) is 15.1. The van der Waals surface area contributed by atoms with Crippen LogP contribution in [0, 0.1) is 5.92 Å². The number of ether oxygens (including phenoxy) is 2. The van der Waals surface area contributed by atoms with Gasteiger partial charge in [-0.3, -0.25) is 9.59 Å². The highest BCUT2D eigenvalue weighted by molar-refractivity contribution is 7.15. The second-order valence-corrected chi connectivity index (χ2v) is 8.41. The number of amides is 2. The first kappa shape index (κ1) is 21.3. The molecule has 2 N–H and O–H groups in total. The summed E-state index contributed by atoms with van der Waals surface area (Å²) in [5, 5.41) is 13.0. The van der Waals surface area contributed by atoms with Crippen LogP contribution in [0.1, 0.15) is 23.9 Å². The van der Waals surface area contributed by atoms with E-state index in [0.717, 1.165) is 22.2 Å². The monoisotopic (exact) mass is 443 g/mol. The summed E-state index contributed by atoms with van der Waals surface area (Å²) >= 11 is 1.28. The number of fused-ring (bicyclic) bond motifs is 1. The number of hydrogen-bond donors (Lipinski definition) is 2. The third-order valence-corrected chi connectivity index (χ3v) is 6.15. The smallest absolute Gasteiger partial charge is 0.231 e. The number of rotatable bonds is 9. The van der Waals surface area contributed by atoms with Crippen molar-refractivity contribution in [1.82, 2.24) is 20.1 Å². The zero-order chi connectivity index (χ0) is 21.8. The van der Waals surface area contributed by atoms with Crippen LogP contribution in [0.25, 0.3) is 10.9 Å². The van der Waals surface area contributed by atoms with Crippen LogP contribution in [0.15, 0.2) is 24.4 Å². The van der Waals surface area contributed by atoms with Gasteiger partial charge in [-0.05, 0) is 37.1 Å². The zero-order valence-corrected chi connectivity index (χ0v) is 18.3. The number of benzene rings is 1. The first-order valence-corrected chi connectivity index (χ1v) is 11.0. The number of H-pyrrole nitrogens is 1. The second-order valence-electron chi connectivity index (χ2n) is 7.34. The Morgan fingerprint density at radius 3 is 3.06 bits per heavy atom. The van der Waals surface area contributed by atoms with Gasteiger partial charge in [0.1, 0.15) is 17.4 Å². The molecule has 3 heterocycles. The Kier molecular flexibility index (Phi) is 6.47. The summed E-state index contributed by atoms with van der Waals surface area (Å²) in [5.41, 5.74) is 2.15. The lowest BCUT2D eigenvalue weighted by Crippen LogP contribution is -2.30. The fraction of sp³-hybridized carbons (Fsp3) is 0.429. The molecule has 31 heavy (non-hydrogen) atoms. The Morgan fingerprint density at radius 2 is 2.26 bits per heavy atom. The molecule has 0 unspecified atom stereocenters. The Hall–Kier alpha value is -2.98. The number of aromatic amines is 1. The average Bonchev–Trinajstić information content (AvgIpc) is 3.49. The van der Waals surface area contributed by atoms with Gasteiger partial charge in [0, 0.05) is 43.2 Å². The number of aromatic nitrogens is 3. The number of methoxy groups -OCH3 is 1. The van der Waals surface area contributed by atoms with Gasteiger partial charge in [-0.1, -0.05) is 11.3 Å². The summed E-state index contributed by atoms with van der Waals surface area (Å²) in [4.78, 5) is 30.1. The summed E-state index contributed by atoms with van der Waals surface area (Å²) in [6.07, 6.45) is 2.87. The molecule has 10 heteroatoms. The molecule has 0 spiro atoms. The highest BCUT2D eigenvalue weighted by atomic mass is 32.1. The second kappa shape index (κ2) is 9.44. The SMILES string of the molecule is CCOCc1nnc(NC(=O)[C@@H]2CC(=O)N(CCc3c[nH]c4ccc(OC)cc34)C2)s1. The summed E-state index contributed by atoms with van der Waals surface area (Å²) in [5.74, 6) is 0.192. The average molecular weight is 444 g/mol. The van der Waals surface area contributed by atoms with Crippen LogP contribution < -0.4 is 10.1 Å². The maximum absolute atomic E-state index is 12.6. The van der Waals surface area contributed by atoms with E-state index in [1.165, 1.54) is 11.3 Å². The van der Waals surface area contributed by atoms with Crippen LogP contribution in [0.5, 0.6) is 5.75 Å². The van der Waals surface area contributed by atoms with E-state index < -0.39 is 5.92 Å². The highest BCUT2D eigenvalue weighted by Crippen LogP contribution is 2.26. The van der Waals surface area contributed by atoms with Crippen molar-refractivity contribution >= 4 is 39.2 Å². The van der Waals surface area contributed by atoms with Gasteiger partial charge in [-0.15, -0.1) is 10.2 Å². The number of nitrogens with zero attached hydrogens (tertiary/aromatic N) is 3. The van der Waals surface area contributed by atoms with E-state index in [-0.39, 0.29) is 18.2 Å². The molecule has 1 aliphatic rings. The molecule has 1 atom stereocenters. The van der Waals surface area contributed by atoms with E-state index in [0.29, 0.717) is 42.9 Å². The third-order valence-electron chi connectivity index (χ3n) is 5.34. The topological polar surface area (TPSA) is 109 Å². The van der Waals surface area contributed by atoms with E-state index in [2.05, 4.69) is 20.5 Å². The van der Waals surface area contributed by atoms with Crippen LogP contribution in [-0.2, 0) is 27.4 Å². The van der Waals surface area contributed by atoms with E-state index in [1.807, 2.05) is 31.3 Å². The number of carbonyl (C=O) groups is 2. The van der Waals surface area contributed by atoms with Gasteiger partial charge in [-0.2, -0.15) is 0 Å². The fourth-order valence-electron chi connectivity index (χ4n) is 3.67. The molecule has 0 saturated carbocycles. The summed E-state index contributed by atoms with van der Waals surface area (Å²) in [6, 6.07) is 5.88. The van der Waals surface area contributed by atoms with Gasteiger partial charge >= 0.3 is 0 Å². The molecule has 2 amide bonds. The van der Waals surface area contributed by atoms with E-state index >= 15 is 0 Å². The molecule has 0 radical (unpaired) electrons. The molecule has 1 fully saturated rings. The Bertz CT molecular complexity index is 1080. The summed E-state index contributed by atoms with van der Waals surface area (Å²) in [7, 11) is 1.64. The molecule has 1 aromatic carbocycles.